The zero-order valence-electron chi connectivity index (χ0n) is 12.1. The van der Waals surface area contributed by atoms with Crippen molar-refractivity contribution in [3.05, 3.63) is 29.8 Å². The summed E-state index contributed by atoms with van der Waals surface area (Å²) in [4.78, 5) is 14.8. The Labute approximate surface area is 120 Å². The first kappa shape index (κ1) is 13.6. The zero-order valence-corrected chi connectivity index (χ0v) is 12.1. The highest BCUT2D eigenvalue weighted by atomic mass is 16.5. The average Bonchev–Trinajstić information content (AvgIpc) is 2.81. The van der Waals surface area contributed by atoms with E-state index in [0.29, 0.717) is 12.6 Å². The van der Waals surface area contributed by atoms with Gasteiger partial charge in [-0.05, 0) is 31.9 Å². The number of nitrogens with zero attached hydrogens (tertiary/aromatic N) is 1. The van der Waals surface area contributed by atoms with Crippen LogP contribution in [-0.2, 0) is 16.1 Å². The smallest absolute Gasteiger partial charge is 0.232 e. The molecule has 0 bridgehead atoms. The van der Waals surface area contributed by atoms with Gasteiger partial charge in [0.25, 0.3) is 0 Å². The lowest BCUT2D eigenvalue weighted by atomic mass is 10.0. The van der Waals surface area contributed by atoms with Gasteiger partial charge in [-0.25, -0.2) is 0 Å². The Hall–Kier alpha value is -1.39. The molecule has 20 heavy (non-hydrogen) atoms. The van der Waals surface area contributed by atoms with E-state index in [0.717, 1.165) is 25.2 Å². The van der Waals surface area contributed by atoms with Gasteiger partial charge >= 0.3 is 0 Å². The van der Waals surface area contributed by atoms with Gasteiger partial charge < -0.3 is 15.0 Å². The number of hydrogen-bond acceptors (Lipinski definition) is 3. The average molecular weight is 274 g/mol. The summed E-state index contributed by atoms with van der Waals surface area (Å²) in [5.74, 6) is 0.209. The topological polar surface area (TPSA) is 41.6 Å². The molecule has 0 aromatic heterocycles. The normalized spacial score (nSPS) is 29.9. The number of para-hydroxylation sites is 1. The molecule has 108 valence electrons. The number of nitrogens with one attached hydrogen (secondary N) is 1. The first-order valence-corrected chi connectivity index (χ1v) is 7.39. The Morgan fingerprint density at radius 3 is 2.90 bits per heavy atom. The van der Waals surface area contributed by atoms with Crippen LogP contribution < -0.4 is 10.2 Å². The summed E-state index contributed by atoms with van der Waals surface area (Å²) in [6.45, 7) is 6.26. The van der Waals surface area contributed by atoms with E-state index in [4.69, 9.17) is 4.74 Å². The maximum absolute atomic E-state index is 12.8. The molecule has 2 aliphatic heterocycles. The molecule has 1 aromatic carbocycles. The van der Waals surface area contributed by atoms with Crippen molar-refractivity contribution in [2.75, 3.05) is 18.1 Å². The van der Waals surface area contributed by atoms with Gasteiger partial charge in [-0.1, -0.05) is 18.2 Å². The lowest BCUT2D eigenvalue weighted by molar-refractivity contribution is -0.122. The van der Waals surface area contributed by atoms with E-state index in [1.165, 1.54) is 5.56 Å². The van der Waals surface area contributed by atoms with E-state index in [2.05, 4.69) is 18.3 Å². The highest BCUT2D eigenvalue weighted by Crippen LogP contribution is 2.28. The molecule has 1 amide bonds. The summed E-state index contributed by atoms with van der Waals surface area (Å²) in [7, 11) is 0. The van der Waals surface area contributed by atoms with Crippen LogP contribution in [0.15, 0.2) is 24.3 Å². The molecule has 2 heterocycles. The second-order valence-electron chi connectivity index (χ2n) is 5.94. The fourth-order valence-corrected chi connectivity index (χ4v) is 3.06. The van der Waals surface area contributed by atoms with E-state index in [1.807, 2.05) is 30.0 Å². The van der Waals surface area contributed by atoms with Crippen molar-refractivity contribution in [2.45, 2.75) is 39.0 Å². The standard InChI is InChI=1S/C16H22N2O2/c1-11-9-18(16(19)14-7-12(2)20-10-14)15-6-4-3-5-13(15)8-17-11/h3-6,11-12,14,17H,7-10H2,1-2H3. The number of carbonyl (C=O) groups excluding carboxylic acids is 1. The van der Waals surface area contributed by atoms with Crippen LogP contribution in [0.25, 0.3) is 0 Å². The van der Waals surface area contributed by atoms with Crippen molar-refractivity contribution in [1.82, 2.24) is 5.32 Å². The largest absolute Gasteiger partial charge is 0.378 e. The Balaban J connectivity index is 1.88. The van der Waals surface area contributed by atoms with Crippen molar-refractivity contribution in [3.8, 4) is 0 Å². The Morgan fingerprint density at radius 1 is 1.35 bits per heavy atom. The highest BCUT2D eigenvalue weighted by Gasteiger charge is 2.34. The van der Waals surface area contributed by atoms with Gasteiger partial charge in [0.15, 0.2) is 0 Å². The maximum Gasteiger partial charge on any atom is 0.232 e. The molecule has 0 spiro atoms. The molecule has 4 nitrogen and oxygen atoms in total. The van der Waals surface area contributed by atoms with Crippen LogP contribution in [0.3, 0.4) is 0 Å². The van der Waals surface area contributed by atoms with Crippen molar-refractivity contribution in [1.29, 1.82) is 0 Å². The lowest BCUT2D eigenvalue weighted by Crippen LogP contribution is -2.42. The molecule has 1 N–H and O–H groups in total. The second kappa shape index (κ2) is 5.54. The van der Waals surface area contributed by atoms with Crippen LogP contribution in [0.1, 0.15) is 25.8 Å². The third-order valence-corrected chi connectivity index (χ3v) is 4.19. The first-order valence-electron chi connectivity index (χ1n) is 7.39. The summed E-state index contributed by atoms with van der Waals surface area (Å²) < 4.78 is 5.56. The molecule has 0 aliphatic carbocycles. The van der Waals surface area contributed by atoms with Crippen LogP contribution >= 0.6 is 0 Å². The minimum Gasteiger partial charge on any atom is -0.378 e. The molecule has 1 fully saturated rings. The highest BCUT2D eigenvalue weighted by molar-refractivity contribution is 5.96. The van der Waals surface area contributed by atoms with Gasteiger partial charge in [0.1, 0.15) is 0 Å². The summed E-state index contributed by atoms with van der Waals surface area (Å²) in [5, 5.41) is 3.46. The number of rotatable bonds is 1. The molecule has 4 heteroatoms. The molecule has 3 atom stereocenters. The van der Waals surface area contributed by atoms with Crippen LogP contribution in [-0.4, -0.2) is 31.2 Å². The van der Waals surface area contributed by atoms with E-state index in [-0.39, 0.29) is 17.9 Å². The minimum atomic E-state index is 0.00311. The van der Waals surface area contributed by atoms with E-state index in [9.17, 15) is 4.79 Å². The molecule has 2 aliphatic rings. The van der Waals surface area contributed by atoms with Crippen LogP contribution in [0, 0.1) is 5.92 Å². The summed E-state index contributed by atoms with van der Waals surface area (Å²) in [6.07, 6.45) is 1.03. The molecule has 1 saturated heterocycles. The van der Waals surface area contributed by atoms with Crippen molar-refractivity contribution >= 4 is 11.6 Å². The third kappa shape index (κ3) is 2.58. The van der Waals surface area contributed by atoms with Gasteiger partial charge in [-0.3, -0.25) is 4.79 Å². The van der Waals surface area contributed by atoms with Crippen molar-refractivity contribution < 1.29 is 9.53 Å². The van der Waals surface area contributed by atoms with E-state index >= 15 is 0 Å². The van der Waals surface area contributed by atoms with Gasteiger partial charge in [0, 0.05) is 24.8 Å². The Bertz CT molecular complexity index is 503. The minimum absolute atomic E-state index is 0.00311. The lowest BCUT2D eigenvalue weighted by Gasteiger charge is -2.26. The molecule has 0 radical (unpaired) electrons. The second-order valence-corrected chi connectivity index (χ2v) is 5.94. The predicted octanol–water partition coefficient (Wildman–Crippen LogP) is 1.94. The van der Waals surface area contributed by atoms with Crippen LogP contribution in [0.5, 0.6) is 0 Å². The van der Waals surface area contributed by atoms with E-state index in [1.54, 1.807) is 0 Å². The van der Waals surface area contributed by atoms with Gasteiger partial charge in [0.05, 0.1) is 18.6 Å². The monoisotopic (exact) mass is 274 g/mol. The summed E-state index contributed by atoms with van der Waals surface area (Å²) >= 11 is 0. The number of amides is 1. The SMILES string of the molecule is CC1CN(C(=O)C2COC(C)C2)c2ccccc2CN1. The van der Waals surface area contributed by atoms with Crippen LogP contribution in [0.4, 0.5) is 5.69 Å². The number of benzene rings is 1. The van der Waals surface area contributed by atoms with Crippen molar-refractivity contribution in [3.63, 3.8) is 0 Å². The first-order chi connectivity index (χ1) is 9.65. The third-order valence-electron chi connectivity index (χ3n) is 4.19. The maximum atomic E-state index is 12.8. The number of carbonyl (C=O) groups is 1. The van der Waals surface area contributed by atoms with Gasteiger partial charge in [-0.2, -0.15) is 0 Å². The van der Waals surface area contributed by atoms with E-state index < -0.39 is 0 Å². The Kier molecular flexibility index (Phi) is 3.76. The Morgan fingerprint density at radius 2 is 2.15 bits per heavy atom. The summed E-state index contributed by atoms with van der Waals surface area (Å²) in [5.41, 5.74) is 2.24. The summed E-state index contributed by atoms with van der Waals surface area (Å²) in [6, 6.07) is 8.47. The molecule has 1 aromatic rings. The molecular formula is C16H22N2O2. The fraction of sp³-hybridized carbons (Fsp3) is 0.562. The number of anilines is 1. The molecule has 3 rings (SSSR count). The predicted molar refractivity (Wildman–Crippen MR) is 78.6 cm³/mol. The molecule has 3 unspecified atom stereocenters. The zero-order chi connectivity index (χ0) is 14.1. The molecular weight excluding hydrogens is 252 g/mol. The van der Waals surface area contributed by atoms with Crippen LogP contribution in [0.2, 0.25) is 0 Å². The quantitative estimate of drug-likeness (QED) is 0.851. The number of ether oxygens (including phenoxy) is 1. The van der Waals surface area contributed by atoms with Gasteiger partial charge in [-0.15, -0.1) is 0 Å². The molecule has 0 saturated carbocycles. The fourth-order valence-electron chi connectivity index (χ4n) is 3.06. The van der Waals surface area contributed by atoms with Crippen molar-refractivity contribution in [2.24, 2.45) is 5.92 Å². The number of fused-ring (bicyclic) bond motifs is 1. The van der Waals surface area contributed by atoms with Gasteiger partial charge in [0.2, 0.25) is 5.91 Å². The number of hydrogen-bond donors (Lipinski definition) is 1.